The van der Waals surface area contributed by atoms with Crippen LogP contribution in [0.15, 0.2) is 41.8 Å². The Balaban J connectivity index is 3.72. The van der Waals surface area contributed by atoms with Gasteiger partial charge in [-0.15, -0.1) is 6.58 Å². The SMILES string of the molecule is C=C[C@H](CC)S(=O)(NC=O)(OC(C)(C)C)c1ccc(C)cc1. The summed E-state index contributed by atoms with van der Waals surface area (Å²) in [5.41, 5.74) is 0.333. The predicted molar refractivity (Wildman–Crippen MR) is 91.9 cm³/mol. The molecule has 0 aromatic heterocycles. The Bertz CT molecular complexity index is 601. The van der Waals surface area contributed by atoms with Crippen LogP contribution < -0.4 is 4.72 Å². The number of rotatable bonds is 7. The molecule has 5 heteroatoms. The minimum Gasteiger partial charge on any atom is -0.277 e. The average Bonchev–Trinajstić information content (AvgIpc) is 2.38. The quantitative estimate of drug-likeness (QED) is 0.616. The number of amides is 1. The molecule has 0 saturated heterocycles. The molecule has 1 rings (SSSR count). The predicted octanol–water partition coefficient (Wildman–Crippen LogP) is 3.53. The second-order valence-electron chi connectivity index (χ2n) is 6.36. The van der Waals surface area contributed by atoms with Crippen molar-refractivity contribution in [3.8, 4) is 0 Å². The molecule has 4 nitrogen and oxygen atoms in total. The molecule has 0 fully saturated rings. The standard InChI is InChI=1S/C17H27NO3S/c1-7-15(8-2)22(20,18-13-19,21-17(4,5)6)16-11-9-14(3)10-12-16/h7,9-13,15H,1,8H2,2-6H3,(H,18,19,20)/t15-/m1/s1. The Morgan fingerprint density at radius 1 is 1.32 bits per heavy atom. The summed E-state index contributed by atoms with van der Waals surface area (Å²) in [5.74, 6) is 0. The van der Waals surface area contributed by atoms with E-state index in [1.165, 1.54) is 0 Å². The first-order chi connectivity index (χ1) is 10.1. The molecule has 0 heterocycles. The molecular formula is C17H27NO3S. The number of aryl methyl sites for hydroxylation is 1. The Labute approximate surface area is 133 Å². The molecule has 0 aliphatic carbocycles. The average molecular weight is 325 g/mol. The monoisotopic (exact) mass is 325 g/mol. The molecule has 0 radical (unpaired) electrons. The van der Waals surface area contributed by atoms with Gasteiger partial charge in [0.05, 0.1) is 15.7 Å². The lowest BCUT2D eigenvalue weighted by Crippen LogP contribution is -2.59. The number of carbonyl (C=O) groups is 1. The van der Waals surface area contributed by atoms with Gasteiger partial charge in [0.25, 0.3) is 0 Å². The van der Waals surface area contributed by atoms with E-state index in [1.54, 1.807) is 18.2 Å². The third-order valence-electron chi connectivity index (χ3n) is 3.37. The maximum atomic E-state index is 14.2. The lowest BCUT2D eigenvalue weighted by atomic mass is 10.2. The normalized spacial score (nSPS) is 15.4. The molecular weight excluding hydrogens is 298 g/mol. The Morgan fingerprint density at radius 3 is 2.23 bits per heavy atom. The molecule has 22 heavy (non-hydrogen) atoms. The van der Waals surface area contributed by atoms with Gasteiger partial charge in [0.1, 0.15) is 0 Å². The summed E-state index contributed by atoms with van der Waals surface area (Å²) in [4.78, 5) is 11.8. The fourth-order valence-corrected chi connectivity index (χ4v) is 6.20. The van der Waals surface area contributed by atoms with Crippen molar-refractivity contribution in [3.63, 3.8) is 0 Å². The van der Waals surface area contributed by atoms with E-state index in [0.717, 1.165) is 5.56 Å². The second kappa shape index (κ2) is 6.34. The van der Waals surface area contributed by atoms with Crippen molar-refractivity contribution in [2.24, 2.45) is 0 Å². The van der Waals surface area contributed by atoms with Gasteiger partial charge in [-0.3, -0.25) is 13.7 Å². The van der Waals surface area contributed by atoms with Crippen molar-refractivity contribution < 1.29 is 13.2 Å². The van der Waals surface area contributed by atoms with Gasteiger partial charge >= 0.3 is 0 Å². The summed E-state index contributed by atoms with van der Waals surface area (Å²) >= 11 is 0. The molecule has 1 atom stereocenters. The van der Waals surface area contributed by atoms with Crippen molar-refractivity contribution >= 4 is 15.9 Å². The van der Waals surface area contributed by atoms with Crippen molar-refractivity contribution in [2.75, 3.05) is 0 Å². The highest BCUT2D eigenvalue weighted by atomic mass is 32.3. The van der Waals surface area contributed by atoms with Crippen LogP contribution in [0.1, 0.15) is 39.7 Å². The van der Waals surface area contributed by atoms with Gasteiger partial charge in [-0.25, -0.2) is 0 Å². The van der Waals surface area contributed by atoms with E-state index in [4.69, 9.17) is 4.18 Å². The number of nitrogens with one attached hydrogen (secondary N) is 1. The van der Waals surface area contributed by atoms with E-state index in [-0.39, 0.29) is 0 Å². The van der Waals surface area contributed by atoms with E-state index in [2.05, 4.69) is 11.3 Å². The number of carbonyl (C=O) groups excluding carboxylic acids is 1. The number of hydrogen-bond donors (Lipinski definition) is 1. The third kappa shape index (κ3) is 3.47. The largest absolute Gasteiger partial charge is 0.277 e. The van der Waals surface area contributed by atoms with Gasteiger partial charge in [-0.1, -0.05) is 40.2 Å². The van der Waals surface area contributed by atoms with Crippen molar-refractivity contribution in [1.29, 1.82) is 0 Å². The smallest absolute Gasteiger partial charge is 0.225 e. The topological polar surface area (TPSA) is 55.4 Å². The van der Waals surface area contributed by atoms with Gasteiger partial charge in [0, 0.05) is 0 Å². The minimum atomic E-state index is -4.14. The summed E-state index contributed by atoms with van der Waals surface area (Å²) in [6.45, 7) is 13.1. The van der Waals surface area contributed by atoms with Crippen LogP contribution in [-0.4, -0.2) is 21.5 Å². The molecule has 1 aromatic carbocycles. The molecule has 0 bridgehead atoms. The van der Waals surface area contributed by atoms with Gasteiger partial charge in [-0.2, -0.15) is 4.21 Å². The molecule has 124 valence electrons. The lowest BCUT2D eigenvalue weighted by molar-refractivity contribution is -0.108. The molecule has 0 aliphatic rings. The fraction of sp³-hybridized carbons (Fsp3) is 0.471. The molecule has 0 spiro atoms. The molecule has 1 aromatic rings. The van der Waals surface area contributed by atoms with E-state index in [9.17, 15) is 9.00 Å². The van der Waals surface area contributed by atoms with E-state index in [1.807, 2.05) is 46.8 Å². The van der Waals surface area contributed by atoms with Crippen LogP contribution in [0.5, 0.6) is 0 Å². The molecule has 1 amide bonds. The Morgan fingerprint density at radius 2 is 1.86 bits per heavy atom. The fourth-order valence-electron chi connectivity index (χ4n) is 2.49. The first kappa shape index (κ1) is 18.6. The van der Waals surface area contributed by atoms with Gasteiger partial charge < -0.3 is 0 Å². The zero-order chi connectivity index (χ0) is 17.0. The highest BCUT2D eigenvalue weighted by Crippen LogP contribution is 2.43. The molecule has 1 N–H and O–H groups in total. The van der Waals surface area contributed by atoms with Crippen molar-refractivity contribution in [2.45, 2.75) is 56.8 Å². The zero-order valence-electron chi connectivity index (χ0n) is 14.1. The highest BCUT2D eigenvalue weighted by Gasteiger charge is 2.43. The summed E-state index contributed by atoms with van der Waals surface area (Å²) in [7, 11) is -4.14. The second-order valence-corrected chi connectivity index (χ2v) is 9.70. The molecule has 0 aliphatic heterocycles. The van der Waals surface area contributed by atoms with Crippen LogP contribution in [0, 0.1) is 6.92 Å². The number of benzene rings is 1. The molecule has 0 unspecified atom stereocenters. The van der Waals surface area contributed by atoms with E-state index in [0.29, 0.717) is 17.7 Å². The maximum Gasteiger partial charge on any atom is 0.225 e. The van der Waals surface area contributed by atoms with E-state index >= 15 is 0 Å². The van der Waals surface area contributed by atoms with E-state index < -0.39 is 20.4 Å². The van der Waals surface area contributed by atoms with Gasteiger partial charge in [-0.05, 0) is 46.2 Å². The first-order valence-corrected chi connectivity index (χ1v) is 9.34. The summed E-state index contributed by atoms with van der Waals surface area (Å²) in [6, 6.07) is 7.21. The number of hydrogen-bond acceptors (Lipinski definition) is 3. The third-order valence-corrected chi connectivity index (χ3v) is 7.53. The first-order valence-electron chi connectivity index (χ1n) is 7.38. The van der Waals surface area contributed by atoms with Crippen LogP contribution in [0.3, 0.4) is 0 Å². The lowest BCUT2D eigenvalue weighted by Gasteiger charge is -2.54. The minimum absolute atomic E-state index is 0.451. The highest BCUT2D eigenvalue weighted by molar-refractivity contribution is 8.15. The zero-order valence-corrected chi connectivity index (χ0v) is 14.9. The van der Waals surface area contributed by atoms with Crippen molar-refractivity contribution in [3.05, 3.63) is 42.5 Å². The maximum absolute atomic E-state index is 14.2. The van der Waals surface area contributed by atoms with Gasteiger partial charge in [0.15, 0.2) is 0 Å². The molecule has 0 saturated carbocycles. The Kier molecular flexibility index (Phi) is 5.36. The van der Waals surface area contributed by atoms with Crippen LogP contribution in [0.4, 0.5) is 0 Å². The van der Waals surface area contributed by atoms with Crippen LogP contribution in [-0.2, 0) is 18.5 Å². The summed E-state index contributed by atoms with van der Waals surface area (Å²) < 4.78 is 22.8. The summed E-state index contributed by atoms with van der Waals surface area (Å²) in [6.07, 6.45) is 2.57. The Hall–Kier alpha value is -1.46. The van der Waals surface area contributed by atoms with Crippen LogP contribution >= 0.6 is 0 Å². The van der Waals surface area contributed by atoms with Crippen LogP contribution in [0.2, 0.25) is 0 Å². The summed E-state index contributed by atoms with van der Waals surface area (Å²) in [5, 5.41) is -0.524. The van der Waals surface area contributed by atoms with Gasteiger partial charge in [0.2, 0.25) is 6.41 Å². The van der Waals surface area contributed by atoms with Crippen molar-refractivity contribution in [1.82, 2.24) is 4.72 Å². The van der Waals surface area contributed by atoms with Crippen LogP contribution in [0.25, 0.3) is 0 Å².